The van der Waals surface area contributed by atoms with Crippen molar-refractivity contribution in [3.63, 3.8) is 0 Å². The lowest BCUT2D eigenvalue weighted by molar-refractivity contribution is -0.141. The third-order valence-corrected chi connectivity index (χ3v) is 3.51. The molecule has 0 aliphatic heterocycles. The maximum Gasteiger partial charge on any atom is 0.326 e. The van der Waals surface area contributed by atoms with Gasteiger partial charge in [0.25, 0.3) is 0 Å². The van der Waals surface area contributed by atoms with E-state index in [0.717, 1.165) is 20.9 Å². The van der Waals surface area contributed by atoms with Crippen molar-refractivity contribution in [2.45, 2.75) is 19.4 Å². The second kappa shape index (κ2) is 5.44. The number of amides is 1. The lowest BCUT2D eigenvalue weighted by atomic mass is 10.1. The van der Waals surface area contributed by atoms with Crippen LogP contribution in [0.5, 0.6) is 0 Å². The van der Waals surface area contributed by atoms with E-state index in [9.17, 15) is 9.59 Å². The molecule has 0 aliphatic rings. The summed E-state index contributed by atoms with van der Waals surface area (Å²) in [5.74, 6) is -1.40. The Kier molecular flexibility index (Phi) is 3.90. The number of nitrogens with one attached hydrogen (secondary N) is 2. The fourth-order valence-corrected chi connectivity index (χ4v) is 2.49. The van der Waals surface area contributed by atoms with Crippen molar-refractivity contribution in [3.8, 4) is 0 Å². The molecule has 0 bridgehead atoms. The van der Waals surface area contributed by atoms with Gasteiger partial charge >= 0.3 is 5.97 Å². The predicted molar refractivity (Wildman–Crippen MR) is 74.9 cm³/mol. The molecule has 0 fully saturated rings. The molecular weight excluding hydrogens is 312 g/mol. The van der Waals surface area contributed by atoms with Gasteiger partial charge in [-0.3, -0.25) is 4.79 Å². The Morgan fingerprint density at radius 3 is 2.84 bits per heavy atom. The van der Waals surface area contributed by atoms with E-state index >= 15 is 0 Å². The molecular formula is C13H13BrN2O3. The van der Waals surface area contributed by atoms with Crippen LogP contribution in [0.3, 0.4) is 0 Å². The number of aromatic nitrogens is 1. The fraction of sp³-hybridized carbons (Fsp3) is 0.231. The molecule has 0 saturated carbocycles. The number of carbonyl (C=O) groups is 2. The zero-order valence-electron chi connectivity index (χ0n) is 10.2. The van der Waals surface area contributed by atoms with Crippen molar-refractivity contribution in [1.82, 2.24) is 10.3 Å². The number of aliphatic carboxylic acids is 1. The minimum absolute atomic E-state index is 0.241. The van der Waals surface area contributed by atoms with Gasteiger partial charge in [-0.05, 0) is 27.6 Å². The summed E-state index contributed by atoms with van der Waals surface area (Å²) >= 11 is 3.43. The van der Waals surface area contributed by atoms with E-state index in [2.05, 4.69) is 26.2 Å². The molecule has 1 aromatic heterocycles. The van der Waals surface area contributed by atoms with E-state index in [-0.39, 0.29) is 12.3 Å². The molecule has 1 amide bonds. The molecule has 3 N–H and O–H groups in total. The number of carboxylic acids is 1. The standard InChI is InChI=1S/C13H13BrN2O3/c1-7(17)16-11(13(18)19)5-8-6-15-12-9(8)3-2-4-10(12)14/h2-4,6,11,15H,5H2,1H3,(H,16,17)(H,18,19)/t11-/m0/s1. The van der Waals surface area contributed by atoms with E-state index in [1.165, 1.54) is 6.92 Å². The zero-order valence-corrected chi connectivity index (χ0v) is 11.8. The highest BCUT2D eigenvalue weighted by Gasteiger charge is 2.20. The number of rotatable bonds is 4. The Morgan fingerprint density at radius 2 is 2.21 bits per heavy atom. The summed E-state index contributed by atoms with van der Waals surface area (Å²) in [6.07, 6.45) is 2.01. The molecule has 100 valence electrons. The predicted octanol–water partition coefficient (Wildman–Crippen LogP) is 2.06. The molecule has 2 rings (SSSR count). The van der Waals surface area contributed by atoms with Gasteiger partial charge in [-0.15, -0.1) is 0 Å². The first-order valence-corrected chi connectivity index (χ1v) is 6.52. The summed E-state index contributed by atoms with van der Waals surface area (Å²) in [5.41, 5.74) is 1.78. The SMILES string of the molecule is CC(=O)N[C@@H](Cc1c[nH]c2c(Br)cccc12)C(=O)O. The number of para-hydroxylation sites is 1. The lowest BCUT2D eigenvalue weighted by Gasteiger charge is -2.12. The Balaban J connectivity index is 2.31. The second-order valence-electron chi connectivity index (χ2n) is 4.27. The molecule has 1 heterocycles. The number of benzene rings is 1. The Hall–Kier alpha value is -1.82. The number of hydrogen-bond acceptors (Lipinski definition) is 2. The molecule has 5 nitrogen and oxygen atoms in total. The largest absolute Gasteiger partial charge is 0.480 e. The van der Waals surface area contributed by atoms with Gasteiger partial charge in [-0.2, -0.15) is 0 Å². The summed E-state index contributed by atoms with van der Waals surface area (Å²) < 4.78 is 0.919. The number of hydrogen-bond donors (Lipinski definition) is 3. The molecule has 0 saturated heterocycles. The number of H-pyrrole nitrogens is 1. The normalized spacial score (nSPS) is 12.3. The van der Waals surface area contributed by atoms with Crippen LogP contribution in [0.4, 0.5) is 0 Å². The summed E-state index contributed by atoms with van der Waals surface area (Å²) in [6.45, 7) is 1.31. The molecule has 0 aliphatic carbocycles. The van der Waals surface area contributed by atoms with E-state index in [1.54, 1.807) is 6.20 Å². The highest BCUT2D eigenvalue weighted by molar-refractivity contribution is 9.10. The smallest absolute Gasteiger partial charge is 0.326 e. The maximum absolute atomic E-state index is 11.1. The van der Waals surface area contributed by atoms with E-state index in [1.807, 2.05) is 18.2 Å². The van der Waals surface area contributed by atoms with Crippen LogP contribution in [0, 0.1) is 0 Å². The van der Waals surface area contributed by atoms with Crippen molar-refractivity contribution in [2.75, 3.05) is 0 Å². The number of aromatic amines is 1. The van der Waals surface area contributed by atoms with E-state index in [4.69, 9.17) is 5.11 Å². The van der Waals surface area contributed by atoms with Crippen LogP contribution in [-0.2, 0) is 16.0 Å². The summed E-state index contributed by atoms with van der Waals surface area (Å²) in [7, 11) is 0. The molecule has 2 aromatic rings. The van der Waals surface area contributed by atoms with Gasteiger partial charge in [-0.25, -0.2) is 4.79 Å². The monoisotopic (exact) mass is 324 g/mol. The average molecular weight is 325 g/mol. The van der Waals surface area contributed by atoms with E-state index in [0.29, 0.717) is 0 Å². The number of carboxylic acid groups (broad SMARTS) is 1. The van der Waals surface area contributed by atoms with Crippen LogP contribution >= 0.6 is 15.9 Å². The van der Waals surface area contributed by atoms with Crippen molar-refractivity contribution in [1.29, 1.82) is 0 Å². The maximum atomic E-state index is 11.1. The topological polar surface area (TPSA) is 82.2 Å². The van der Waals surface area contributed by atoms with Crippen molar-refractivity contribution >= 4 is 38.7 Å². The lowest BCUT2D eigenvalue weighted by Crippen LogP contribution is -2.41. The van der Waals surface area contributed by atoms with E-state index < -0.39 is 12.0 Å². The molecule has 1 aromatic carbocycles. The third kappa shape index (κ3) is 2.96. The van der Waals surface area contributed by atoms with Gasteiger partial charge in [0.2, 0.25) is 5.91 Å². The minimum atomic E-state index is -1.04. The van der Waals surface area contributed by atoms with Gasteiger partial charge in [0.05, 0.1) is 5.52 Å². The highest BCUT2D eigenvalue weighted by Crippen LogP contribution is 2.26. The van der Waals surface area contributed by atoms with Crippen LogP contribution < -0.4 is 5.32 Å². The van der Waals surface area contributed by atoms with Gasteiger partial charge in [0.15, 0.2) is 0 Å². The Bertz CT molecular complexity index is 636. The van der Waals surface area contributed by atoms with Crippen LogP contribution in [0.2, 0.25) is 0 Å². The van der Waals surface area contributed by atoms with Gasteiger partial charge < -0.3 is 15.4 Å². The summed E-state index contributed by atoms with van der Waals surface area (Å²) in [4.78, 5) is 25.2. The molecule has 0 radical (unpaired) electrons. The van der Waals surface area contributed by atoms with Gasteiger partial charge in [-0.1, -0.05) is 12.1 Å². The Morgan fingerprint density at radius 1 is 1.47 bits per heavy atom. The van der Waals surface area contributed by atoms with Crippen LogP contribution in [-0.4, -0.2) is 28.0 Å². The zero-order chi connectivity index (χ0) is 14.0. The average Bonchev–Trinajstić information content (AvgIpc) is 2.72. The van der Waals surface area contributed by atoms with Gasteiger partial charge in [0, 0.05) is 29.4 Å². The minimum Gasteiger partial charge on any atom is -0.480 e. The van der Waals surface area contributed by atoms with Crippen molar-refractivity contribution in [2.24, 2.45) is 0 Å². The summed E-state index contributed by atoms with van der Waals surface area (Å²) in [6, 6.07) is 4.79. The number of carbonyl (C=O) groups excluding carboxylic acids is 1. The molecule has 1 atom stereocenters. The summed E-state index contributed by atoms with van der Waals surface area (Å²) in [5, 5.41) is 12.5. The second-order valence-corrected chi connectivity index (χ2v) is 5.13. The van der Waals surface area contributed by atoms with Crippen LogP contribution in [0.1, 0.15) is 12.5 Å². The van der Waals surface area contributed by atoms with Crippen LogP contribution in [0.15, 0.2) is 28.9 Å². The van der Waals surface area contributed by atoms with Crippen molar-refractivity contribution in [3.05, 3.63) is 34.4 Å². The Labute approximate surface area is 118 Å². The quantitative estimate of drug-likeness (QED) is 0.805. The first-order valence-electron chi connectivity index (χ1n) is 5.73. The van der Waals surface area contributed by atoms with Crippen LogP contribution in [0.25, 0.3) is 10.9 Å². The van der Waals surface area contributed by atoms with Gasteiger partial charge in [0.1, 0.15) is 6.04 Å². The highest BCUT2D eigenvalue weighted by atomic mass is 79.9. The molecule has 19 heavy (non-hydrogen) atoms. The van der Waals surface area contributed by atoms with Crippen molar-refractivity contribution < 1.29 is 14.7 Å². The first-order chi connectivity index (χ1) is 8.99. The molecule has 0 unspecified atom stereocenters. The molecule has 6 heteroatoms. The molecule has 0 spiro atoms. The number of fused-ring (bicyclic) bond motifs is 1. The third-order valence-electron chi connectivity index (χ3n) is 2.85. The first kappa shape index (κ1) is 13.6. The fourth-order valence-electron chi connectivity index (χ4n) is 2.01. The number of halogens is 1.